The maximum atomic E-state index is 11.7. The molecule has 0 aliphatic rings. The summed E-state index contributed by atoms with van der Waals surface area (Å²) >= 11 is 0. The first-order valence-electron chi connectivity index (χ1n) is 6.48. The number of benzene rings is 1. The normalized spacial score (nSPS) is 10.2. The Balaban J connectivity index is 2.42. The van der Waals surface area contributed by atoms with Crippen LogP contribution in [0.1, 0.15) is 46.9 Å². The van der Waals surface area contributed by atoms with Crippen molar-refractivity contribution >= 4 is 11.8 Å². The van der Waals surface area contributed by atoms with Gasteiger partial charge in [0, 0.05) is 25.7 Å². The standard InChI is InChI=1S/C15H20O4/c1-3-14(16)12-6-8-13(9-7-12)15(17)19-11-5-4-10-18-2/h6-9H,3-5,10-11H2,1-2H3. The van der Waals surface area contributed by atoms with E-state index in [0.29, 0.717) is 30.8 Å². The molecule has 104 valence electrons. The van der Waals surface area contributed by atoms with E-state index in [1.807, 2.05) is 6.92 Å². The summed E-state index contributed by atoms with van der Waals surface area (Å²) in [5, 5.41) is 0. The highest BCUT2D eigenvalue weighted by molar-refractivity contribution is 5.97. The molecule has 0 atom stereocenters. The van der Waals surface area contributed by atoms with Gasteiger partial charge in [0.1, 0.15) is 0 Å². The molecule has 0 saturated heterocycles. The van der Waals surface area contributed by atoms with Crippen molar-refractivity contribution in [3.63, 3.8) is 0 Å². The van der Waals surface area contributed by atoms with Gasteiger partial charge in [-0.25, -0.2) is 4.79 Å². The Morgan fingerprint density at radius 1 is 1.00 bits per heavy atom. The number of Topliss-reactive ketones (excluding diaryl/α,β-unsaturated/α-hetero) is 1. The van der Waals surface area contributed by atoms with Crippen LogP contribution in [0.25, 0.3) is 0 Å². The predicted octanol–water partition coefficient (Wildman–Crippen LogP) is 2.86. The van der Waals surface area contributed by atoms with Gasteiger partial charge in [0.25, 0.3) is 0 Å². The summed E-state index contributed by atoms with van der Waals surface area (Å²) in [5.74, 6) is -0.285. The number of carbonyl (C=O) groups is 2. The van der Waals surface area contributed by atoms with Crippen LogP contribution < -0.4 is 0 Å². The van der Waals surface area contributed by atoms with Crippen LogP contribution in [0.3, 0.4) is 0 Å². The van der Waals surface area contributed by atoms with E-state index < -0.39 is 0 Å². The Morgan fingerprint density at radius 3 is 2.16 bits per heavy atom. The summed E-state index contributed by atoms with van der Waals surface area (Å²) in [5.41, 5.74) is 1.10. The molecule has 0 bridgehead atoms. The Bertz CT molecular complexity index is 409. The van der Waals surface area contributed by atoms with E-state index in [0.717, 1.165) is 12.8 Å². The van der Waals surface area contributed by atoms with Gasteiger partial charge in [0.15, 0.2) is 5.78 Å². The molecule has 0 aliphatic heterocycles. The zero-order chi connectivity index (χ0) is 14.1. The number of ketones is 1. The van der Waals surface area contributed by atoms with Crippen LogP contribution in [0.15, 0.2) is 24.3 Å². The third-order valence-corrected chi connectivity index (χ3v) is 2.74. The van der Waals surface area contributed by atoms with E-state index in [9.17, 15) is 9.59 Å². The molecule has 0 spiro atoms. The van der Waals surface area contributed by atoms with E-state index >= 15 is 0 Å². The second-order valence-corrected chi connectivity index (χ2v) is 4.19. The molecule has 0 heterocycles. The van der Waals surface area contributed by atoms with Gasteiger partial charge < -0.3 is 9.47 Å². The lowest BCUT2D eigenvalue weighted by Gasteiger charge is -2.05. The van der Waals surface area contributed by atoms with Crippen molar-refractivity contribution in [3.05, 3.63) is 35.4 Å². The monoisotopic (exact) mass is 264 g/mol. The van der Waals surface area contributed by atoms with Crippen LogP contribution in [0.5, 0.6) is 0 Å². The van der Waals surface area contributed by atoms with Crippen LogP contribution in [0, 0.1) is 0 Å². The molecule has 0 saturated carbocycles. The molecule has 1 aromatic carbocycles. The molecule has 0 N–H and O–H groups in total. The van der Waals surface area contributed by atoms with Crippen LogP contribution in [-0.4, -0.2) is 32.1 Å². The molecule has 19 heavy (non-hydrogen) atoms. The van der Waals surface area contributed by atoms with Gasteiger partial charge in [-0.1, -0.05) is 19.1 Å². The summed E-state index contributed by atoms with van der Waals surface area (Å²) < 4.78 is 10.0. The van der Waals surface area contributed by atoms with Crippen LogP contribution in [0.2, 0.25) is 0 Å². The first-order valence-corrected chi connectivity index (χ1v) is 6.48. The van der Waals surface area contributed by atoms with Gasteiger partial charge in [-0.05, 0) is 25.0 Å². The van der Waals surface area contributed by atoms with Crippen molar-refractivity contribution in [2.24, 2.45) is 0 Å². The zero-order valence-electron chi connectivity index (χ0n) is 11.5. The highest BCUT2D eigenvalue weighted by Gasteiger charge is 2.08. The minimum absolute atomic E-state index is 0.0690. The molecule has 0 amide bonds. The fourth-order valence-corrected chi connectivity index (χ4v) is 1.59. The highest BCUT2D eigenvalue weighted by atomic mass is 16.5. The second kappa shape index (κ2) is 8.43. The predicted molar refractivity (Wildman–Crippen MR) is 72.5 cm³/mol. The van der Waals surface area contributed by atoms with Crippen molar-refractivity contribution in [2.75, 3.05) is 20.3 Å². The summed E-state index contributed by atoms with van der Waals surface area (Å²) in [7, 11) is 1.64. The van der Waals surface area contributed by atoms with Crippen molar-refractivity contribution in [3.8, 4) is 0 Å². The maximum absolute atomic E-state index is 11.7. The number of hydrogen-bond donors (Lipinski definition) is 0. The molecule has 0 aliphatic carbocycles. The first-order chi connectivity index (χ1) is 9.19. The molecule has 1 aromatic rings. The van der Waals surface area contributed by atoms with Crippen LogP contribution in [-0.2, 0) is 9.47 Å². The summed E-state index contributed by atoms with van der Waals surface area (Å²) in [4.78, 5) is 23.1. The van der Waals surface area contributed by atoms with E-state index in [4.69, 9.17) is 9.47 Å². The number of hydrogen-bond acceptors (Lipinski definition) is 4. The number of methoxy groups -OCH3 is 1. The second-order valence-electron chi connectivity index (χ2n) is 4.19. The fourth-order valence-electron chi connectivity index (χ4n) is 1.59. The number of carbonyl (C=O) groups excluding carboxylic acids is 2. The molecule has 0 radical (unpaired) electrons. The van der Waals surface area contributed by atoms with Crippen LogP contribution in [0.4, 0.5) is 0 Å². The SMILES string of the molecule is CCC(=O)c1ccc(C(=O)OCCCCOC)cc1. The van der Waals surface area contributed by atoms with Gasteiger partial charge in [0.05, 0.1) is 12.2 Å². The van der Waals surface area contributed by atoms with Crippen molar-refractivity contribution in [1.82, 2.24) is 0 Å². The van der Waals surface area contributed by atoms with E-state index in [-0.39, 0.29) is 11.8 Å². The van der Waals surface area contributed by atoms with Crippen LogP contribution >= 0.6 is 0 Å². The van der Waals surface area contributed by atoms with Gasteiger partial charge in [-0.2, -0.15) is 0 Å². The first kappa shape index (κ1) is 15.4. The quantitative estimate of drug-likeness (QED) is 0.411. The largest absolute Gasteiger partial charge is 0.462 e. The summed E-state index contributed by atoms with van der Waals surface area (Å²) in [6, 6.07) is 6.57. The molecular formula is C15H20O4. The fraction of sp³-hybridized carbons (Fsp3) is 0.467. The zero-order valence-corrected chi connectivity index (χ0v) is 11.5. The summed E-state index contributed by atoms with van der Waals surface area (Å²) in [6.07, 6.45) is 2.11. The Labute approximate surface area is 113 Å². The molecule has 4 nitrogen and oxygen atoms in total. The smallest absolute Gasteiger partial charge is 0.338 e. The van der Waals surface area contributed by atoms with Gasteiger partial charge in [0.2, 0.25) is 0 Å². The third kappa shape index (κ3) is 5.22. The average Bonchev–Trinajstić information content (AvgIpc) is 2.46. The summed E-state index contributed by atoms with van der Waals surface area (Å²) in [6.45, 7) is 2.87. The van der Waals surface area contributed by atoms with Crippen molar-refractivity contribution < 1.29 is 19.1 Å². The number of ether oxygens (including phenoxy) is 2. The average molecular weight is 264 g/mol. The van der Waals surface area contributed by atoms with Gasteiger partial charge in [-0.3, -0.25) is 4.79 Å². The topological polar surface area (TPSA) is 52.6 Å². The van der Waals surface area contributed by atoms with Gasteiger partial charge >= 0.3 is 5.97 Å². The van der Waals surface area contributed by atoms with E-state index in [1.165, 1.54) is 0 Å². The molecule has 0 unspecified atom stereocenters. The van der Waals surface area contributed by atoms with Crippen molar-refractivity contribution in [2.45, 2.75) is 26.2 Å². The molecule has 0 aromatic heterocycles. The Hall–Kier alpha value is -1.68. The molecular weight excluding hydrogens is 244 g/mol. The molecule has 4 heteroatoms. The van der Waals surface area contributed by atoms with Gasteiger partial charge in [-0.15, -0.1) is 0 Å². The van der Waals surface area contributed by atoms with Crippen molar-refractivity contribution in [1.29, 1.82) is 0 Å². The lowest BCUT2D eigenvalue weighted by atomic mass is 10.1. The minimum atomic E-state index is -0.354. The van der Waals surface area contributed by atoms with E-state index in [2.05, 4.69) is 0 Å². The Morgan fingerprint density at radius 2 is 1.58 bits per heavy atom. The minimum Gasteiger partial charge on any atom is -0.462 e. The lowest BCUT2D eigenvalue weighted by Crippen LogP contribution is -2.07. The number of esters is 1. The third-order valence-electron chi connectivity index (χ3n) is 2.74. The molecule has 1 rings (SSSR count). The Kier molecular flexibility index (Phi) is 6.82. The number of rotatable bonds is 8. The lowest BCUT2D eigenvalue weighted by molar-refractivity contribution is 0.0489. The van der Waals surface area contributed by atoms with E-state index in [1.54, 1.807) is 31.4 Å². The molecule has 0 fully saturated rings. The number of unbranched alkanes of at least 4 members (excludes halogenated alkanes) is 1. The maximum Gasteiger partial charge on any atom is 0.338 e. The highest BCUT2D eigenvalue weighted by Crippen LogP contribution is 2.08.